The van der Waals surface area contributed by atoms with Crippen molar-refractivity contribution in [2.75, 3.05) is 13.2 Å². The fourth-order valence-corrected chi connectivity index (χ4v) is 3.59. The largest absolute Gasteiger partial charge is 0.381 e. The number of ether oxygens (including phenoxy) is 1. The fourth-order valence-electron chi connectivity index (χ4n) is 3.19. The number of halogens is 1. The fraction of sp³-hybridized carbons (Fsp3) is 0.389. The van der Waals surface area contributed by atoms with Gasteiger partial charge in [-0.05, 0) is 30.5 Å². The molecule has 3 rings (SSSR count). The lowest BCUT2D eigenvalue weighted by molar-refractivity contribution is -0.125. The third-order valence-corrected chi connectivity index (χ3v) is 5.17. The number of hydrogen-bond acceptors (Lipinski definition) is 4. The zero-order chi connectivity index (χ0) is 18.7. The standard InChI is InChI=1S/C18H20BrN3O4/c1-21-16(24)5-8-22(17(21)25)12-15(23)20-18(6-9-26-10-7-18)13-3-2-4-14(19)11-13/h2-5,8,11H,6-7,9-10,12H2,1H3,(H,20,23). The number of rotatable bonds is 4. The number of carbonyl (C=O) groups is 1. The summed E-state index contributed by atoms with van der Waals surface area (Å²) >= 11 is 3.48. The second-order valence-electron chi connectivity index (χ2n) is 6.38. The predicted octanol–water partition coefficient (Wildman–Crippen LogP) is 1.13. The molecule has 7 nitrogen and oxygen atoms in total. The number of benzene rings is 1. The maximum atomic E-state index is 12.7. The Morgan fingerprint density at radius 2 is 2.00 bits per heavy atom. The third kappa shape index (κ3) is 3.81. The monoisotopic (exact) mass is 421 g/mol. The van der Waals surface area contributed by atoms with Gasteiger partial charge in [0.15, 0.2) is 0 Å². The van der Waals surface area contributed by atoms with Gasteiger partial charge in [-0.3, -0.25) is 18.7 Å². The Balaban J connectivity index is 1.86. The highest BCUT2D eigenvalue weighted by Crippen LogP contribution is 2.33. The number of aromatic nitrogens is 2. The first-order chi connectivity index (χ1) is 12.4. The summed E-state index contributed by atoms with van der Waals surface area (Å²) in [5.74, 6) is -0.285. The molecule has 0 radical (unpaired) electrons. The summed E-state index contributed by atoms with van der Waals surface area (Å²) in [4.78, 5) is 36.3. The molecule has 2 heterocycles. The van der Waals surface area contributed by atoms with Gasteiger partial charge in [0.25, 0.3) is 5.56 Å². The van der Waals surface area contributed by atoms with Crippen LogP contribution in [0, 0.1) is 0 Å². The summed E-state index contributed by atoms with van der Waals surface area (Å²) in [6.07, 6.45) is 2.65. The van der Waals surface area contributed by atoms with E-state index in [2.05, 4.69) is 21.2 Å². The number of nitrogens with one attached hydrogen (secondary N) is 1. The smallest absolute Gasteiger partial charge is 0.331 e. The molecule has 1 saturated heterocycles. The molecule has 1 aromatic heterocycles. The quantitative estimate of drug-likeness (QED) is 0.801. The molecule has 1 fully saturated rings. The molecule has 1 aromatic carbocycles. The minimum atomic E-state index is -0.538. The lowest BCUT2D eigenvalue weighted by atomic mass is 9.82. The van der Waals surface area contributed by atoms with E-state index in [1.165, 1.54) is 23.9 Å². The van der Waals surface area contributed by atoms with Gasteiger partial charge >= 0.3 is 5.69 Å². The molecular formula is C18H20BrN3O4. The highest BCUT2D eigenvalue weighted by Gasteiger charge is 2.36. The van der Waals surface area contributed by atoms with Crippen molar-refractivity contribution in [2.45, 2.75) is 24.9 Å². The van der Waals surface area contributed by atoms with Crippen LogP contribution in [0.1, 0.15) is 18.4 Å². The van der Waals surface area contributed by atoms with Gasteiger partial charge in [-0.15, -0.1) is 0 Å². The molecule has 0 atom stereocenters. The molecule has 1 amide bonds. The van der Waals surface area contributed by atoms with Crippen molar-refractivity contribution < 1.29 is 9.53 Å². The maximum Gasteiger partial charge on any atom is 0.331 e. The molecule has 1 aliphatic heterocycles. The Bertz CT molecular complexity index is 929. The Labute approximate surface area is 158 Å². The molecule has 138 valence electrons. The van der Waals surface area contributed by atoms with E-state index in [9.17, 15) is 14.4 Å². The molecular weight excluding hydrogens is 402 g/mol. The summed E-state index contributed by atoms with van der Waals surface area (Å²) in [5.41, 5.74) is -0.460. The molecule has 0 aliphatic carbocycles. The van der Waals surface area contributed by atoms with Gasteiger partial charge in [-0.25, -0.2) is 4.79 Å². The van der Waals surface area contributed by atoms with E-state index >= 15 is 0 Å². The summed E-state index contributed by atoms with van der Waals surface area (Å²) in [6, 6.07) is 9.11. The van der Waals surface area contributed by atoms with Gasteiger partial charge in [0, 0.05) is 37.0 Å². The summed E-state index contributed by atoms with van der Waals surface area (Å²) in [6.45, 7) is 0.947. The van der Waals surface area contributed by atoms with Gasteiger partial charge in [0.1, 0.15) is 6.54 Å². The zero-order valence-corrected chi connectivity index (χ0v) is 16.0. The van der Waals surface area contributed by atoms with Crippen molar-refractivity contribution in [3.8, 4) is 0 Å². The van der Waals surface area contributed by atoms with E-state index in [1.54, 1.807) is 0 Å². The molecule has 1 aliphatic rings. The second-order valence-corrected chi connectivity index (χ2v) is 7.29. The van der Waals surface area contributed by atoms with Gasteiger partial charge < -0.3 is 10.1 Å². The van der Waals surface area contributed by atoms with Crippen molar-refractivity contribution >= 4 is 21.8 Å². The third-order valence-electron chi connectivity index (χ3n) is 4.68. The Morgan fingerprint density at radius 1 is 1.27 bits per heavy atom. The lowest BCUT2D eigenvalue weighted by Crippen LogP contribution is -2.51. The molecule has 1 N–H and O–H groups in total. The lowest BCUT2D eigenvalue weighted by Gasteiger charge is -2.38. The number of carbonyl (C=O) groups excluding carboxylic acids is 1. The molecule has 26 heavy (non-hydrogen) atoms. The van der Waals surface area contributed by atoms with Crippen molar-refractivity contribution in [1.29, 1.82) is 0 Å². The van der Waals surface area contributed by atoms with Crippen molar-refractivity contribution in [2.24, 2.45) is 7.05 Å². The van der Waals surface area contributed by atoms with E-state index in [0.717, 1.165) is 14.6 Å². The molecule has 0 bridgehead atoms. The number of amides is 1. The first kappa shape index (κ1) is 18.6. The van der Waals surface area contributed by atoms with E-state index in [1.807, 2.05) is 24.3 Å². The molecule has 0 spiro atoms. The Kier molecular flexibility index (Phi) is 5.43. The minimum Gasteiger partial charge on any atom is -0.381 e. The molecule has 0 saturated carbocycles. The van der Waals surface area contributed by atoms with E-state index in [0.29, 0.717) is 26.1 Å². The number of hydrogen-bond donors (Lipinski definition) is 1. The topological polar surface area (TPSA) is 82.3 Å². The Morgan fingerprint density at radius 3 is 2.69 bits per heavy atom. The molecule has 2 aromatic rings. The van der Waals surface area contributed by atoms with Crippen LogP contribution < -0.4 is 16.6 Å². The van der Waals surface area contributed by atoms with Crippen LogP contribution in [-0.4, -0.2) is 28.3 Å². The summed E-state index contributed by atoms with van der Waals surface area (Å²) in [5, 5.41) is 3.10. The first-order valence-corrected chi connectivity index (χ1v) is 9.12. The summed E-state index contributed by atoms with van der Waals surface area (Å²) < 4.78 is 8.61. The Hall–Kier alpha value is -2.19. The van der Waals surface area contributed by atoms with Crippen LogP contribution >= 0.6 is 15.9 Å². The minimum absolute atomic E-state index is 0.149. The summed E-state index contributed by atoms with van der Waals surface area (Å²) in [7, 11) is 1.39. The van der Waals surface area contributed by atoms with Crippen LogP contribution in [0.15, 0.2) is 50.6 Å². The van der Waals surface area contributed by atoms with Gasteiger partial charge in [0.2, 0.25) is 5.91 Å². The average molecular weight is 422 g/mol. The predicted molar refractivity (Wildman–Crippen MR) is 100.0 cm³/mol. The van der Waals surface area contributed by atoms with Crippen molar-refractivity contribution in [1.82, 2.24) is 14.5 Å². The highest BCUT2D eigenvalue weighted by atomic mass is 79.9. The van der Waals surface area contributed by atoms with Crippen molar-refractivity contribution in [3.63, 3.8) is 0 Å². The van der Waals surface area contributed by atoms with Crippen LogP contribution in [0.4, 0.5) is 0 Å². The van der Waals surface area contributed by atoms with Crippen molar-refractivity contribution in [3.05, 3.63) is 67.4 Å². The van der Waals surface area contributed by atoms with Crippen LogP contribution in [0.2, 0.25) is 0 Å². The van der Waals surface area contributed by atoms with Crippen LogP contribution in [-0.2, 0) is 28.7 Å². The van der Waals surface area contributed by atoms with E-state index in [-0.39, 0.29) is 12.5 Å². The van der Waals surface area contributed by atoms with Gasteiger partial charge in [0.05, 0.1) is 5.54 Å². The van der Waals surface area contributed by atoms with Crippen LogP contribution in [0.25, 0.3) is 0 Å². The SMILES string of the molecule is Cn1c(=O)ccn(CC(=O)NC2(c3cccc(Br)c3)CCOCC2)c1=O. The first-order valence-electron chi connectivity index (χ1n) is 8.33. The second kappa shape index (κ2) is 7.59. The van der Waals surface area contributed by atoms with E-state index < -0.39 is 16.8 Å². The van der Waals surface area contributed by atoms with Crippen LogP contribution in [0.3, 0.4) is 0 Å². The maximum absolute atomic E-state index is 12.7. The van der Waals surface area contributed by atoms with Gasteiger partial charge in [-0.2, -0.15) is 0 Å². The average Bonchev–Trinajstić information content (AvgIpc) is 2.63. The molecule has 8 heteroatoms. The zero-order valence-electron chi connectivity index (χ0n) is 14.4. The van der Waals surface area contributed by atoms with Gasteiger partial charge in [-0.1, -0.05) is 28.1 Å². The van der Waals surface area contributed by atoms with Crippen LogP contribution in [0.5, 0.6) is 0 Å². The molecule has 0 unspecified atom stereocenters. The number of nitrogens with zero attached hydrogens (tertiary/aromatic N) is 2. The normalized spacial score (nSPS) is 16.2. The highest BCUT2D eigenvalue weighted by molar-refractivity contribution is 9.10. The van der Waals surface area contributed by atoms with E-state index in [4.69, 9.17) is 4.74 Å².